The number of hydrogen-bond acceptors (Lipinski definition) is 9. The van der Waals surface area contributed by atoms with Gasteiger partial charge in [-0.15, -0.1) is 0 Å². The van der Waals surface area contributed by atoms with Gasteiger partial charge in [-0.2, -0.15) is 5.09 Å². The van der Waals surface area contributed by atoms with Crippen molar-refractivity contribution >= 4 is 13.7 Å². The van der Waals surface area contributed by atoms with Gasteiger partial charge in [0.2, 0.25) is 0 Å². The predicted molar refractivity (Wildman–Crippen MR) is 161 cm³/mol. The summed E-state index contributed by atoms with van der Waals surface area (Å²) in [7, 11) is -4.30. The fourth-order valence-electron chi connectivity index (χ4n) is 5.40. The van der Waals surface area contributed by atoms with E-state index >= 15 is 0 Å². The molecule has 3 aromatic rings. The first-order chi connectivity index (χ1) is 20.9. The number of H-pyrrole nitrogens is 1. The largest absolute Gasteiger partial charge is 0.460 e. The highest BCUT2D eigenvalue weighted by Gasteiger charge is 2.64. The van der Waals surface area contributed by atoms with E-state index in [1.54, 1.807) is 6.07 Å². The van der Waals surface area contributed by atoms with E-state index in [0.29, 0.717) is 18.6 Å². The van der Waals surface area contributed by atoms with Gasteiger partial charge >= 0.3 is 19.4 Å². The molecule has 2 aliphatic rings. The van der Waals surface area contributed by atoms with Crippen molar-refractivity contribution in [1.29, 1.82) is 0 Å². The van der Waals surface area contributed by atoms with Crippen LogP contribution in [-0.4, -0.2) is 45.5 Å². The quantitative estimate of drug-likeness (QED) is 0.198. The number of aliphatic hydroxyl groups excluding tert-OH is 1. The second-order valence-corrected chi connectivity index (χ2v) is 13.4. The first-order valence-electron chi connectivity index (χ1n) is 14.6. The number of aromatic nitrogens is 2. The van der Waals surface area contributed by atoms with E-state index in [0.717, 1.165) is 16.7 Å². The molecule has 0 radical (unpaired) electrons. The molecule has 1 saturated heterocycles. The Hall–Kier alpha value is -3.54. The molecule has 13 heteroatoms. The number of aromatic amines is 1. The fourth-order valence-corrected chi connectivity index (χ4v) is 6.92. The van der Waals surface area contributed by atoms with Crippen LogP contribution in [-0.2, 0) is 30.0 Å². The Kier molecular flexibility index (Phi) is 9.29. The Morgan fingerprint density at radius 3 is 2.55 bits per heavy atom. The summed E-state index contributed by atoms with van der Waals surface area (Å²) >= 11 is 0. The third-order valence-corrected chi connectivity index (χ3v) is 9.65. The lowest BCUT2D eigenvalue weighted by Gasteiger charge is -2.26. The molecular formula is C31H38N3O9P. The van der Waals surface area contributed by atoms with Crippen LogP contribution in [0.5, 0.6) is 5.75 Å². The monoisotopic (exact) mass is 627 g/mol. The summed E-state index contributed by atoms with van der Waals surface area (Å²) < 4.78 is 39.0. The number of aryl methyl sites for hydroxylation is 1. The van der Waals surface area contributed by atoms with Crippen LogP contribution in [0.15, 0.2) is 70.4 Å². The number of benzene rings is 2. The fraction of sp³-hybridized carbons (Fsp3) is 0.452. The van der Waals surface area contributed by atoms with E-state index in [1.165, 1.54) is 23.8 Å². The van der Waals surface area contributed by atoms with Gasteiger partial charge in [0.1, 0.15) is 30.7 Å². The zero-order valence-electron chi connectivity index (χ0n) is 25.1. The molecule has 0 bridgehead atoms. The molecule has 0 amide bonds. The minimum absolute atomic E-state index is 0.0263. The van der Waals surface area contributed by atoms with Crippen molar-refractivity contribution in [2.75, 3.05) is 6.61 Å². The summed E-state index contributed by atoms with van der Waals surface area (Å²) in [5.41, 5.74) is 0.471. The number of rotatable bonds is 12. The second kappa shape index (κ2) is 12.8. The van der Waals surface area contributed by atoms with Gasteiger partial charge in [0.25, 0.3) is 5.56 Å². The molecule has 2 fully saturated rings. The maximum Gasteiger partial charge on any atom is 0.459 e. The number of carbonyl (C=O) groups is 1. The summed E-state index contributed by atoms with van der Waals surface area (Å²) in [5.74, 6) is -0.315. The summed E-state index contributed by atoms with van der Waals surface area (Å²) in [4.78, 5) is 39.2. The van der Waals surface area contributed by atoms with Gasteiger partial charge in [0, 0.05) is 17.7 Å². The van der Waals surface area contributed by atoms with Crippen LogP contribution in [0.2, 0.25) is 0 Å². The number of carbonyl (C=O) groups excluding carboxylic acids is 1. The van der Waals surface area contributed by atoms with Crippen molar-refractivity contribution in [2.45, 2.75) is 77.5 Å². The van der Waals surface area contributed by atoms with Crippen molar-refractivity contribution in [3.63, 3.8) is 0 Å². The maximum absolute atomic E-state index is 14.3. The van der Waals surface area contributed by atoms with Gasteiger partial charge in [-0.3, -0.25) is 23.7 Å². The number of nitrogens with one attached hydrogen (secondary N) is 2. The molecule has 3 N–H and O–H groups in total. The molecule has 1 saturated carbocycles. The molecule has 5 atom stereocenters. The van der Waals surface area contributed by atoms with Crippen LogP contribution in [0.4, 0.5) is 0 Å². The van der Waals surface area contributed by atoms with Crippen molar-refractivity contribution in [1.82, 2.24) is 14.6 Å². The number of hydrogen-bond donors (Lipinski definition) is 3. The topological polar surface area (TPSA) is 158 Å². The van der Waals surface area contributed by atoms with Crippen LogP contribution in [0.3, 0.4) is 0 Å². The molecule has 1 aliphatic heterocycles. The molecule has 2 aromatic carbocycles. The van der Waals surface area contributed by atoms with E-state index in [2.05, 4.69) is 10.1 Å². The normalized spacial score (nSPS) is 22.5. The molecule has 1 aliphatic carbocycles. The predicted octanol–water partition coefficient (Wildman–Crippen LogP) is 3.93. The Morgan fingerprint density at radius 1 is 1.16 bits per heavy atom. The van der Waals surface area contributed by atoms with Crippen molar-refractivity contribution in [3.8, 4) is 5.75 Å². The highest BCUT2D eigenvalue weighted by molar-refractivity contribution is 7.52. The minimum Gasteiger partial charge on any atom is -0.460 e. The van der Waals surface area contributed by atoms with E-state index in [9.17, 15) is 24.1 Å². The van der Waals surface area contributed by atoms with Gasteiger partial charge in [-0.1, -0.05) is 56.3 Å². The van der Waals surface area contributed by atoms with Crippen LogP contribution < -0.4 is 20.9 Å². The molecule has 44 heavy (non-hydrogen) atoms. The number of aliphatic hydroxyl groups is 1. The van der Waals surface area contributed by atoms with Crippen LogP contribution in [0.25, 0.3) is 0 Å². The molecule has 1 spiro atoms. The van der Waals surface area contributed by atoms with Crippen molar-refractivity contribution in [3.05, 3.63) is 98.3 Å². The third kappa shape index (κ3) is 6.90. The molecule has 12 nitrogen and oxygen atoms in total. The number of esters is 1. The summed E-state index contributed by atoms with van der Waals surface area (Å²) in [6.45, 7) is 6.95. The lowest BCUT2D eigenvalue weighted by atomic mass is 9.96. The van der Waals surface area contributed by atoms with Gasteiger partial charge in [-0.25, -0.2) is 9.36 Å². The lowest BCUT2D eigenvalue weighted by Crippen LogP contribution is -2.37. The maximum atomic E-state index is 14.3. The van der Waals surface area contributed by atoms with Crippen molar-refractivity contribution in [2.24, 2.45) is 5.41 Å². The smallest absolute Gasteiger partial charge is 0.459 e. The Balaban J connectivity index is 1.36. The Morgan fingerprint density at radius 2 is 1.89 bits per heavy atom. The van der Waals surface area contributed by atoms with E-state index in [-0.39, 0.29) is 19.1 Å². The second-order valence-electron chi connectivity index (χ2n) is 11.7. The lowest BCUT2D eigenvalue weighted by molar-refractivity contribution is -0.146. The molecule has 1 aromatic heterocycles. The molecule has 5 rings (SSSR count). The van der Waals surface area contributed by atoms with Crippen LogP contribution >= 0.6 is 7.75 Å². The molecule has 236 valence electrons. The van der Waals surface area contributed by atoms with E-state index < -0.39 is 54.9 Å². The van der Waals surface area contributed by atoms with Crippen LogP contribution in [0.1, 0.15) is 62.4 Å². The SMILES string of the molecule is Cc1ccc(C(C)C)c(OP(=O)(N[C@H](C)C(=O)OCc2ccccc2)OC[C@H]2O[C@@H](n3ccc(=O)[nH]c3=O)C3(CC3)[C@@H]2O)c1. The Labute approximate surface area is 254 Å². The molecule has 1 unspecified atom stereocenters. The summed E-state index contributed by atoms with van der Waals surface area (Å²) in [6.07, 6.45) is -0.413. The minimum atomic E-state index is -4.30. The average Bonchev–Trinajstić information content (AvgIpc) is 3.73. The van der Waals surface area contributed by atoms with Gasteiger partial charge in [-0.05, 0) is 55.4 Å². The van der Waals surface area contributed by atoms with Crippen LogP contribution in [0, 0.1) is 12.3 Å². The number of ether oxygens (including phenoxy) is 2. The highest BCUT2D eigenvalue weighted by atomic mass is 31.2. The van der Waals surface area contributed by atoms with Gasteiger partial charge in [0.15, 0.2) is 0 Å². The average molecular weight is 628 g/mol. The standard InChI is InChI=1S/C31H38N3O9P/c1-19(2)23-11-10-20(3)16-24(23)43-44(39,33-21(4)28(37)40-17-22-8-6-5-7-9-22)41-18-25-27(36)31(13-14-31)29(42-25)34-15-12-26(35)32-30(34)38/h5-12,15-16,19,21,25,27,29,36H,13-14,17-18H2,1-4H3,(H,33,39)(H,32,35,38)/t21-,25-,27-,29-,44?/m1/s1. The zero-order chi connectivity index (χ0) is 31.6. The van der Waals surface area contributed by atoms with E-state index in [1.807, 2.05) is 63.2 Å². The number of nitrogens with zero attached hydrogens (tertiary/aromatic N) is 1. The third-order valence-electron chi connectivity index (χ3n) is 8.02. The van der Waals surface area contributed by atoms with Crippen molar-refractivity contribution < 1.29 is 33.0 Å². The zero-order valence-corrected chi connectivity index (χ0v) is 26.0. The molecular weight excluding hydrogens is 589 g/mol. The summed E-state index contributed by atoms with van der Waals surface area (Å²) in [6, 6.07) is 14.8. The first-order valence-corrected chi connectivity index (χ1v) is 16.1. The first kappa shape index (κ1) is 31.9. The highest BCUT2D eigenvalue weighted by Crippen LogP contribution is 2.62. The van der Waals surface area contributed by atoms with Gasteiger partial charge < -0.3 is 19.1 Å². The summed E-state index contributed by atoms with van der Waals surface area (Å²) in [5, 5.41) is 13.9. The molecule has 2 heterocycles. The van der Waals surface area contributed by atoms with E-state index in [4.69, 9.17) is 18.5 Å². The van der Waals surface area contributed by atoms with Gasteiger partial charge in [0.05, 0.1) is 12.7 Å². The Bertz CT molecular complexity index is 1650.